The molecule has 7 nitrogen and oxygen atoms in total. The van der Waals surface area contributed by atoms with E-state index in [2.05, 4.69) is 0 Å². The van der Waals surface area contributed by atoms with Gasteiger partial charge in [-0.25, -0.2) is 0 Å². The SMILES string of the molecule is CCOC(=O)C(C[N+](=O)[O-])c1cn(C)c2ccc(OCc3ccccc3)cc12. The lowest BCUT2D eigenvalue weighted by Crippen LogP contribution is -2.23. The summed E-state index contributed by atoms with van der Waals surface area (Å²) in [5.41, 5.74) is 2.46. The molecule has 0 spiro atoms. The smallest absolute Gasteiger partial charge is 0.320 e. The standard InChI is InChI=1S/C21H22N2O5/c1-3-27-21(24)19(13-23(25)26)18-12-22(2)20-10-9-16(11-17(18)20)28-14-15-7-5-4-6-8-15/h4-12,19H,3,13-14H2,1-2H3. The van der Waals surface area contributed by atoms with Crippen molar-refractivity contribution >= 4 is 16.9 Å². The van der Waals surface area contributed by atoms with Crippen molar-refractivity contribution in [1.82, 2.24) is 4.57 Å². The Morgan fingerprint density at radius 1 is 1.21 bits per heavy atom. The van der Waals surface area contributed by atoms with Crippen molar-refractivity contribution in [1.29, 1.82) is 0 Å². The van der Waals surface area contributed by atoms with Gasteiger partial charge in [0.1, 0.15) is 18.3 Å². The van der Waals surface area contributed by atoms with Gasteiger partial charge in [0, 0.05) is 29.1 Å². The predicted octanol–water partition coefficient (Wildman–Crippen LogP) is 3.68. The Kier molecular flexibility index (Phi) is 5.93. The minimum absolute atomic E-state index is 0.170. The van der Waals surface area contributed by atoms with Crippen molar-refractivity contribution < 1.29 is 19.2 Å². The van der Waals surface area contributed by atoms with Crippen molar-refractivity contribution in [3.63, 3.8) is 0 Å². The van der Waals surface area contributed by atoms with Gasteiger partial charge in [0.15, 0.2) is 0 Å². The molecule has 3 rings (SSSR count). The van der Waals surface area contributed by atoms with E-state index in [0.717, 1.165) is 16.5 Å². The first-order valence-electron chi connectivity index (χ1n) is 9.03. The third-order valence-electron chi connectivity index (χ3n) is 4.52. The molecule has 28 heavy (non-hydrogen) atoms. The van der Waals surface area contributed by atoms with Crippen LogP contribution in [0.3, 0.4) is 0 Å². The van der Waals surface area contributed by atoms with Gasteiger partial charge in [-0.2, -0.15) is 0 Å². The van der Waals surface area contributed by atoms with E-state index in [1.54, 1.807) is 13.1 Å². The lowest BCUT2D eigenvalue weighted by Gasteiger charge is -2.12. The van der Waals surface area contributed by atoms with E-state index in [9.17, 15) is 14.9 Å². The fraction of sp³-hybridized carbons (Fsp3) is 0.286. The fourth-order valence-electron chi connectivity index (χ4n) is 3.20. The molecule has 0 bridgehead atoms. The second-order valence-corrected chi connectivity index (χ2v) is 6.47. The van der Waals surface area contributed by atoms with Gasteiger partial charge in [-0.05, 0) is 36.2 Å². The van der Waals surface area contributed by atoms with Crippen LogP contribution in [-0.2, 0) is 23.2 Å². The summed E-state index contributed by atoms with van der Waals surface area (Å²) in [4.78, 5) is 23.0. The molecular weight excluding hydrogens is 360 g/mol. The first kappa shape index (κ1) is 19.4. The number of fused-ring (bicyclic) bond motifs is 1. The molecule has 2 aromatic carbocycles. The number of carbonyl (C=O) groups is 1. The normalized spacial score (nSPS) is 11.9. The van der Waals surface area contributed by atoms with E-state index >= 15 is 0 Å². The Balaban J connectivity index is 1.94. The monoisotopic (exact) mass is 382 g/mol. The summed E-state index contributed by atoms with van der Waals surface area (Å²) in [5.74, 6) is -0.933. The molecule has 1 heterocycles. The van der Waals surface area contributed by atoms with Crippen molar-refractivity contribution in [2.75, 3.05) is 13.2 Å². The summed E-state index contributed by atoms with van der Waals surface area (Å²) in [6.45, 7) is 1.74. The van der Waals surface area contributed by atoms with E-state index in [0.29, 0.717) is 17.9 Å². The largest absolute Gasteiger partial charge is 0.489 e. The number of benzene rings is 2. The summed E-state index contributed by atoms with van der Waals surface area (Å²) in [6, 6.07) is 15.3. The average molecular weight is 382 g/mol. The summed E-state index contributed by atoms with van der Waals surface area (Å²) in [6.07, 6.45) is 1.75. The molecule has 0 N–H and O–H groups in total. The van der Waals surface area contributed by atoms with Crippen LogP contribution < -0.4 is 4.74 Å². The Morgan fingerprint density at radius 3 is 2.64 bits per heavy atom. The lowest BCUT2D eigenvalue weighted by molar-refractivity contribution is -0.481. The Morgan fingerprint density at radius 2 is 1.96 bits per heavy atom. The highest BCUT2D eigenvalue weighted by Crippen LogP contribution is 2.31. The number of rotatable bonds is 8. The number of hydrogen-bond acceptors (Lipinski definition) is 5. The van der Waals surface area contributed by atoms with Gasteiger partial charge in [0.05, 0.1) is 6.61 Å². The van der Waals surface area contributed by atoms with Crippen LogP contribution in [0.15, 0.2) is 54.7 Å². The third-order valence-corrected chi connectivity index (χ3v) is 4.52. The third kappa shape index (κ3) is 4.31. The van der Waals surface area contributed by atoms with E-state index in [-0.39, 0.29) is 6.61 Å². The molecule has 146 valence electrons. The first-order valence-corrected chi connectivity index (χ1v) is 9.03. The van der Waals surface area contributed by atoms with Gasteiger partial charge in [-0.3, -0.25) is 14.9 Å². The highest BCUT2D eigenvalue weighted by atomic mass is 16.6. The summed E-state index contributed by atoms with van der Waals surface area (Å²) in [5, 5.41) is 11.9. The molecule has 0 saturated heterocycles. The molecule has 0 fully saturated rings. The highest BCUT2D eigenvalue weighted by Gasteiger charge is 2.30. The number of aryl methyl sites for hydroxylation is 1. The van der Waals surface area contributed by atoms with E-state index in [1.807, 2.05) is 60.1 Å². The number of esters is 1. The molecule has 0 radical (unpaired) electrons. The van der Waals surface area contributed by atoms with Crippen LogP contribution in [0.4, 0.5) is 0 Å². The summed E-state index contributed by atoms with van der Waals surface area (Å²) < 4.78 is 12.8. The molecular formula is C21H22N2O5. The van der Waals surface area contributed by atoms with Crippen LogP contribution in [0.2, 0.25) is 0 Å². The molecule has 3 aromatic rings. The molecule has 0 aliphatic rings. The zero-order valence-corrected chi connectivity index (χ0v) is 15.8. The maximum atomic E-state index is 12.4. The van der Waals surface area contributed by atoms with Crippen LogP contribution in [0, 0.1) is 10.1 Å². The van der Waals surface area contributed by atoms with Gasteiger partial charge in [0.2, 0.25) is 6.54 Å². The second-order valence-electron chi connectivity index (χ2n) is 6.47. The van der Waals surface area contributed by atoms with E-state index in [1.165, 1.54) is 0 Å². The van der Waals surface area contributed by atoms with Gasteiger partial charge < -0.3 is 14.0 Å². The Bertz CT molecular complexity index is 981. The number of ether oxygens (including phenoxy) is 2. The second kappa shape index (κ2) is 8.56. The number of aromatic nitrogens is 1. The van der Waals surface area contributed by atoms with Gasteiger partial charge in [-0.15, -0.1) is 0 Å². The maximum Gasteiger partial charge on any atom is 0.320 e. The molecule has 0 saturated carbocycles. The molecule has 7 heteroatoms. The zero-order chi connectivity index (χ0) is 20.1. The lowest BCUT2D eigenvalue weighted by atomic mass is 9.98. The number of hydrogen-bond donors (Lipinski definition) is 0. The van der Waals surface area contributed by atoms with Crippen LogP contribution in [0.5, 0.6) is 5.75 Å². The molecule has 1 aromatic heterocycles. The van der Waals surface area contributed by atoms with Crippen LogP contribution in [-0.4, -0.2) is 28.6 Å². The van der Waals surface area contributed by atoms with Gasteiger partial charge in [-0.1, -0.05) is 30.3 Å². The quantitative estimate of drug-likeness (QED) is 0.337. The van der Waals surface area contributed by atoms with E-state index < -0.39 is 23.4 Å². The van der Waals surface area contributed by atoms with Crippen LogP contribution >= 0.6 is 0 Å². The van der Waals surface area contributed by atoms with E-state index in [4.69, 9.17) is 9.47 Å². The molecule has 0 aliphatic heterocycles. The van der Waals surface area contributed by atoms with Crippen molar-refractivity contribution in [2.45, 2.75) is 19.4 Å². The Hall–Kier alpha value is -3.35. The van der Waals surface area contributed by atoms with Crippen LogP contribution in [0.25, 0.3) is 10.9 Å². The molecule has 0 amide bonds. The summed E-state index contributed by atoms with van der Waals surface area (Å²) in [7, 11) is 1.84. The van der Waals surface area contributed by atoms with Gasteiger partial charge in [0.25, 0.3) is 0 Å². The molecule has 0 aliphatic carbocycles. The Labute approximate surface area is 162 Å². The molecule has 1 unspecified atom stereocenters. The maximum absolute atomic E-state index is 12.4. The highest BCUT2D eigenvalue weighted by molar-refractivity contribution is 5.91. The average Bonchev–Trinajstić information content (AvgIpc) is 3.01. The van der Waals surface area contributed by atoms with Gasteiger partial charge >= 0.3 is 5.97 Å². The van der Waals surface area contributed by atoms with Crippen molar-refractivity contribution in [3.05, 3.63) is 76.0 Å². The number of nitro groups is 1. The predicted molar refractivity (Wildman–Crippen MR) is 105 cm³/mol. The minimum Gasteiger partial charge on any atom is -0.489 e. The van der Waals surface area contributed by atoms with Crippen molar-refractivity contribution in [3.8, 4) is 5.75 Å². The first-order chi connectivity index (χ1) is 13.5. The zero-order valence-electron chi connectivity index (χ0n) is 15.8. The molecule has 1 atom stereocenters. The number of nitrogens with zero attached hydrogens (tertiary/aromatic N) is 2. The minimum atomic E-state index is -0.969. The number of carbonyl (C=O) groups excluding carboxylic acids is 1. The fourth-order valence-corrected chi connectivity index (χ4v) is 3.20. The van der Waals surface area contributed by atoms with Crippen molar-refractivity contribution in [2.24, 2.45) is 7.05 Å². The topological polar surface area (TPSA) is 83.6 Å². The van der Waals surface area contributed by atoms with Crippen LogP contribution in [0.1, 0.15) is 24.0 Å². The summed E-state index contributed by atoms with van der Waals surface area (Å²) >= 11 is 0.